The molecule has 1 N–H and O–H groups in total. The average Bonchev–Trinajstić information content (AvgIpc) is 2.33. The number of hydrogen-bond acceptors (Lipinski definition) is 2. The number of ether oxygens (including phenoxy) is 1. The number of benzene rings is 1. The monoisotopic (exact) mass is 320 g/mol. The van der Waals surface area contributed by atoms with Crippen molar-refractivity contribution in [2.75, 3.05) is 6.61 Å². The molecule has 0 saturated carbocycles. The molecule has 0 fully saturated rings. The van der Waals surface area contributed by atoms with Gasteiger partial charge in [-0.3, -0.25) is 4.79 Å². The number of rotatable bonds is 7. The van der Waals surface area contributed by atoms with Crippen molar-refractivity contribution in [1.29, 1.82) is 0 Å². The summed E-state index contributed by atoms with van der Waals surface area (Å²) < 4.78 is 5.93. The van der Waals surface area contributed by atoms with Crippen molar-refractivity contribution in [2.45, 2.75) is 67.2 Å². The van der Waals surface area contributed by atoms with E-state index in [1.54, 1.807) is 0 Å². The maximum absolute atomic E-state index is 10.6. The molecule has 0 unspecified atom stereocenters. The number of carboxylic acid groups (broad SMARTS) is 1. The molecular weight excluding hydrogens is 288 g/mol. The first-order valence-corrected chi connectivity index (χ1v) is 8.43. The first kappa shape index (κ1) is 19.5. The molecule has 0 amide bonds. The van der Waals surface area contributed by atoms with Crippen LogP contribution in [-0.4, -0.2) is 17.7 Å². The van der Waals surface area contributed by atoms with Crippen LogP contribution in [0.3, 0.4) is 0 Å². The number of carboxylic acids is 1. The molecule has 1 rings (SSSR count). The first-order valence-electron chi connectivity index (χ1n) is 8.43. The van der Waals surface area contributed by atoms with E-state index in [-0.39, 0.29) is 17.3 Å². The van der Waals surface area contributed by atoms with Crippen molar-refractivity contribution in [3.05, 3.63) is 29.3 Å². The Bertz CT molecular complexity index is 519. The van der Waals surface area contributed by atoms with E-state index in [0.717, 1.165) is 18.6 Å². The Morgan fingerprint density at radius 1 is 1.04 bits per heavy atom. The molecule has 3 heteroatoms. The fourth-order valence-electron chi connectivity index (χ4n) is 2.58. The smallest absolute Gasteiger partial charge is 0.303 e. The first-order chi connectivity index (χ1) is 10.5. The quantitative estimate of drug-likeness (QED) is 0.710. The summed E-state index contributed by atoms with van der Waals surface area (Å²) in [5.41, 5.74) is 2.88. The van der Waals surface area contributed by atoms with E-state index in [4.69, 9.17) is 9.84 Å². The van der Waals surface area contributed by atoms with Crippen molar-refractivity contribution in [3.8, 4) is 5.75 Å². The third-order valence-electron chi connectivity index (χ3n) is 3.38. The standard InChI is InChI=1S/C20H32O3/c1-19(2,3)13-15-9-10-16(14-20(4,5)6)17(12-15)23-11-7-8-18(21)22/h9-10,12H,7-8,11,13-14H2,1-6H3,(H,21,22). The van der Waals surface area contributed by atoms with Crippen LogP contribution in [0.4, 0.5) is 0 Å². The lowest BCUT2D eigenvalue weighted by Gasteiger charge is -2.23. The fourth-order valence-corrected chi connectivity index (χ4v) is 2.58. The highest BCUT2D eigenvalue weighted by atomic mass is 16.5. The molecule has 0 saturated heterocycles. The second kappa shape index (κ2) is 7.85. The van der Waals surface area contributed by atoms with E-state index in [0.29, 0.717) is 13.0 Å². The van der Waals surface area contributed by atoms with Gasteiger partial charge in [-0.1, -0.05) is 53.7 Å². The molecule has 0 spiro atoms. The van der Waals surface area contributed by atoms with Gasteiger partial charge in [0.1, 0.15) is 5.75 Å². The summed E-state index contributed by atoms with van der Waals surface area (Å²) >= 11 is 0. The second-order valence-electron chi connectivity index (χ2n) is 8.76. The third-order valence-corrected chi connectivity index (χ3v) is 3.38. The van der Waals surface area contributed by atoms with E-state index in [9.17, 15) is 4.79 Å². The molecule has 0 aliphatic rings. The van der Waals surface area contributed by atoms with Crippen molar-refractivity contribution in [2.24, 2.45) is 10.8 Å². The van der Waals surface area contributed by atoms with Gasteiger partial charge in [-0.25, -0.2) is 0 Å². The van der Waals surface area contributed by atoms with Crippen LogP contribution in [-0.2, 0) is 17.6 Å². The molecule has 23 heavy (non-hydrogen) atoms. The molecular formula is C20H32O3. The maximum Gasteiger partial charge on any atom is 0.303 e. The Balaban J connectivity index is 2.89. The van der Waals surface area contributed by atoms with Crippen LogP contribution in [0.25, 0.3) is 0 Å². The largest absolute Gasteiger partial charge is 0.493 e. The Morgan fingerprint density at radius 2 is 1.65 bits per heavy atom. The van der Waals surface area contributed by atoms with E-state index >= 15 is 0 Å². The van der Waals surface area contributed by atoms with Gasteiger partial charge in [0.2, 0.25) is 0 Å². The van der Waals surface area contributed by atoms with Gasteiger partial charge in [-0.2, -0.15) is 0 Å². The van der Waals surface area contributed by atoms with Gasteiger partial charge < -0.3 is 9.84 Å². The van der Waals surface area contributed by atoms with Crippen LogP contribution in [0.15, 0.2) is 18.2 Å². The Labute approximate surface area is 141 Å². The zero-order valence-corrected chi connectivity index (χ0v) is 15.5. The van der Waals surface area contributed by atoms with Gasteiger partial charge in [0.05, 0.1) is 6.61 Å². The van der Waals surface area contributed by atoms with Crippen LogP contribution in [0.1, 0.15) is 65.5 Å². The molecule has 0 radical (unpaired) electrons. The molecule has 0 aliphatic heterocycles. The van der Waals surface area contributed by atoms with Gasteiger partial charge in [0, 0.05) is 6.42 Å². The third kappa shape index (κ3) is 8.63. The van der Waals surface area contributed by atoms with E-state index in [1.807, 2.05) is 0 Å². The lowest BCUT2D eigenvalue weighted by atomic mass is 9.85. The molecule has 0 heterocycles. The van der Waals surface area contributed by atoms with Crippen molar-refractivity contribution in [1.82, 2.24) is 0 Å². The molecule has 1 aromatic rings. The number of hydrogen-bond donors (Lipinski definition) is 1. The zero-order valence-electron chi connectivity index (χ0n) is 15.5. The lowest BCUT2D eigenvalue weighted by Crippen LogP contribution is -2.13. The van der Waals surface area contributed by atoms with Crippen LogP contribution < -0.4 is 4.74 Å². The molecule has 130 valence electrons. The van der Waals surface area contributed by atoms with Crippen LogP contribution in [0, 0.1) is 10.8 Å². The normalized spacial score (nSPS) is 12.3. The predicted octanol–water partition coefficient (Wildman–Crippen LogP) is 5.11. The van der Waals surface area contributed by atoms with Crippen molar-refractivity contribution in [3.63, 3.8) is 0 Å². The van der Waals surface area contributed by atoms with Gasteiger partial charge in [-0.05, 0) is 47.3 Å². The van der Waals surface area contributed by atoms with Crippen LogP contribution in [0.2, 0.25) is 0 Å². The molecule has 0 aliphatic carbocycles. The van der Waals surface area contributed by atoms with Crippen LogP contribution in [0.5, 0.6) is 5.75 Å². The lowest BCUT2D eigenvalue weighted by molar-refractivity contribution is -0.137. The highest BCUT2D eigenvalue weighted by Gasteiger charge is 2.17. The zero-order chi connectivity index (χ0) is 17.7. The van der Waals surface area contributed by atoms with Crippen LogP contribution >= 0.6 is 0 Å². The minimum atomic E-state index is -0.773. The SMILES string of the molecule is CC(C)(C)Cc1ccc(CC(C)(C)C)c(OCCCC(=O)O)c1. The van der Waals surface area contributed by atoms with Gasteiger partial charge in [-0.15, -0.1) is 0 Å². The number of carbonyl (C=O) groups is 1. The summed E-state index contributed by atoms with van der Waals surface area (Å²) in [6.07, 6.45) is 2.62. The summed E-state index contributed by atoms with van der Waals surface area (Å²) in [4.78, 5) is 10.6. The summed E-state index contributed by atoms with van der Waals surface area (Å²) in [6, 6.07) is 6.49. The maximum atomic E-state index is 10.6. The second-order valence-corrected chi connectivity index (χ2v) is 8.76. The molecule has 0 atom stereocenters. The minimum Gasteiger partial charge on any atom is -0.493 e. The molecule has 0 aromatic heterocycles. The Hall–Kier alpha value is -1.51. The van der Waals surface area contributed by atoms with Gasteiger partial charge in [0.25, 0.3) is 0 Å². The number of aliphatic carboxylic acids is 1. The summed E-state index contributed by atoms with van der Waals surface area (Å²) in [7, 11) is 0. The van der Waals surface area contributed by atoms with Crippen molar-refractivity contribution >= 4 is 5.97 Å². The summed E-state index contributed by atoms with van der Waals surface area (Å²) in [5, 5.41) is 8.73. The Morgan fingerprint density at radius 3 is 2.17 bits per heavy atom. The highest BCUT2D eigenvalue weighted by molar-refractivity contribution is 5.66. The van der Waals surface area contributed by atoms with Gasteiger partial charge in [0.15, 0.2) is 0 Å². The van der Waals surface area contributed by atoms with Crippen molar-refractivity contribution < 1.29 is 14.6 Å². The molecule has 0 bridgehead atoms. The topological polar surface area (TPSA) is 46.5 Å². The molecule has 1 aromatic carbocycles. The average molecular weight is 320 g/mol. The summed E-state index contributed by atoms with van der Waals surface area (Å²) in [5.74, 6) is 0.136. The fraction of sp³-hybridized carbons (Fsp3) is 0.650. The van der Waals surface area contributed by atoms with E-state index in [1.165, 1.54) is 11.1 Å². The summed E-state index contributed by atoms with van der Waals surface area (Å²) in [6.45, 7) is 13.8. The minimum absolute atomic E-state index is 0.149. The predicted molar refractivity (Wildman–Crippen MR) is 95.1 cm³/mol. The van der Waals surface area contributed by atoms with E-state index in [2.05, 4.69) is 59.7 Å². The highest BCUT2D eigenvalue weighted by Crippen LogP contribution is 2.30. The van der Waals surface area contributed by atoms with Gasteiger partial charge >= 0.3 is 5.97 Å². The molecule has 3 nitrogen and oxygen atoms in total. The van der Waals surface area contributed by atoms with E-state index < -0.39 is 5.97 Å². The Kier molecular flexibility index (Phi) is 6.67.